The summed E-state index contributed by atoms with van der Waals surface area (Å²) in [6, 6.07) is 12.6. The molecule has 2 aromatic rings. The average molecular weight is 351 g/mol. The lowest BCUT2D eigenvalue weighted by Crippen LogP contribution is -2.32. The number of aryl methyl sites for hydroxylation is 3. The molecule has 0 spiro atoms. The zero-order valence-corrected chi connectivity index (χ0v) is 16.1. The summed E-state index contributed by atoms with van der Waals surface area (Å²) in [6.07, 6.45) is 5.46. The maximum absolute atomic E-state index is 12.4. The van der Waals surface area contributed by atoms with E-state index >= 15 is 0 Å². The second-order valence-corrected chi connectivity index (χ2v) is 7.26. The van der Waals surface area contributed by atoms with Gasteiger partial charge in [0.15, 0.2) is 6.61 Å². The second kappa shape index (κ2) is 8.39. The van der Waals surface area contributed by atoms with Crippen LogP contribution in [0.3, 0.4) is 0 Å². The Morgan fingerprint density at radius 1 is 1.12 bits per heavy atom. The normalized spacial score (nSPS) is 14.4. The zero-order valence-electron chi connectivity index (χ0n) is 16.1. The molecule has 0 radical (unpaired) electrons. The van der Waals surface area contributed by atoms with Crippen LogP contribution in [-0.2, 0) is 17.6 Å². The lowest BCUT2D eigenvalue weighted by atomic mass is 9.91. The monoisotopic (exact) mass is 351 g/mol. The standard InChI is InChI=1S/C23H29NO2/c1-4-21(19-13-12-16(2)17(3)14-19)24-23(25)15-26-22-11-7-9-18-8-5-6-10-20(18)22/h7,9,11-14,21H,4-6,8,10,15H2,1-3H3,(H,24,25)/t21-/m0/s1. The molecule has 138 valence electrons. The van der Waals surface area contributed by atoms with E-state index in [1.807, 2.05) is 12.1 Å². The lowest BCUT2D eigenvalue weighted by Gasteiger charge is -2.21. The molecule has 1 atom stereocenters. The van der Waals surface area contributed by atoms with Crippen molar-refractivity contribution in [3.05, 3.63) is 64.2 Å². The number of carbonyl (C=O) groups is 1. The molecule has 1 aliphatic rings. The van der Waals surface area contributed by atoms with Crippen LogP contribution in [0.4, 0.5) is 0 Å². The smallest absolute Gasteiger partial charge is 0.258 e. The van der Waals surface area contributed by atoms with E-state index in [0.717, 1.165) is 30.6 Å². The van der Waals surface area contributed by atoms with Gasteiger partial charge in [-0.05, 0) is 79.8 Å². The number of nitrogens with one attached hydrogen (secondary N) is 1. The van der Waals surface area contributed by atoms with E-state index in [4.69, 9.17) is 4.74 Å². The maximum Gasteiger partial charge on any atom is 0.258 e. The third-order valence-corrected chi connectivity index (χ3v) is 5.39. The number of fused-ring (bicyclic) bond motifs is 1. The summed E-state index contributed by atoms with van der Waals surface area (Å²) in [5.74, 6) is 0.806. The van der Waals surface area contributed by atoms with Gasteiger partial charge in [-0.3, -0.25) is 4.79 Å². The Bertz CT molecular complexity index is 782. The Hall–Kier alpha value is -2.29. The minimum atomic E-state index is -0.0662. The van der Waals surface area contributed by atoms with Crippen LogP contribution in [-0.4, -0.2) is 12.5 Å². The summed E-state index contributed by atoms with van der Waals surface area (Å²) in [5, 5.41) is 3.12. The summed E-state index contributed by atoms with van der Waals surface area (Å²) < 4.78 is 5.88. The fourth-order valence-electron chi connectivity index (χ4n) is 3.66. The van der Waals surface area contributed by atoms with Crippen molar-refractivity contribution in [1.29, 1.82) is 0 Å². The predicted octanol–water partition coefficient (Wildman–Crippen LogP) is 4.83. The molecule has 3 rings (SSSR count). The van der Waals surface area contributed by atoms with Gasteiger partial charge in [0.2, 0.25) is 0 Å². The van der Waals surface area contributed by atoms with E-state index in [2.05, 4.69) is 50.4 Å². The van der Waals surface area contributed by atoms with Gasteiger partial charge in [-0.1, -0.05) is 37.3 Å². The minimum Gasteiger partial charge on any atom is -0.483 e. The van der Waals surface area contributed by atoms with Gasteiger partial charge in [0.1, 0.15) is 5.75 Å². The van der Waals surface area contributed by atoms with Crippen LogP contribution in [0.2, 0.25) is 0 Å². The Morgan fingerprint density at radius 2 is 1.92 bits per heavy atom. The summed E-state index contributed by atoms with van der Waals surface area (Å²) in [5.41, 5.74) is 6.33. The van der Waals surface area contributed by atoms with Crippen LogP contribution in [0, 0.1) is 13.8 Å². The van der Waals surface area contributed by atoms with Gasteiger partial charge < -0.3 is 10.1 Å². The fourth-order valence-corrected chi connectivity index (χ4v) is 3.66. The summed E-state index contributed by atoms with van der Waals surface area (Å²) >= 11 is 0. The summed E-state index contributed by atoms with van der Waals surface area (Å²) in [6.45, 7) is 6.37. The van der Waals surface area contributed by atoms with Crippen LogP contribution in [0.1, 0.15) is 60.0 Å². The van der Waals surface area contributed by atoms with E-state index in [-0.39, 0.29) is 18.6 Å². The highest BCUT2D eigenvalue weighted by Crippen LogP contribution is 2.29. The number of hydrogen-bond acceptors (Lipinski definition) is 2. The van der Waals surface area contributed by atoms with E-state index in [1.165, 1.54) is 35.1 Å². The summed E-state index contributed by atoms with van der Waals surface area (Å²) in [7, 11) is 0. The van der Waals surface area contributed by atoms with Crippen LogP contribution < -0.4 is 10.1 Å². The molecule has 1 aliphatic carbocycles. The molecule has 0 unspecified atom stereocenters. The molecule has 26 heavy (non-hydrogen) atoms. The molecule has 0 aliphatic heterocycles. The Balaban J connectivity index is 1.62. The average Bonchev–Trinajstić information content (AvgIpc) is 2.66. The van der Waals surface area contributed by atoms with Crippen LogP contribution in [0.5, 0.6) is 5.75 Å². The molecule has 0 saturated heterocycles. The van der Waals surface area contributed by atoms with E-state index < -0.39 is 0 Å². The van der Waals surface area contributed by atoms with E-state index in [0.29, 0.717) is 0 Å². The lowest BCUT2D eigenvalue weighted by molar-refractivity contribution is -0.123. The van der Waals surface area contributed by atoms with E-state index in [1.54, 1.807) is 0 Å². The number of rotatable bonds is 6. The molecular formula is C23H29NO2. The number of ether oxygens (including phenoxy) is 1. The Kier molecular flexibility index (Phi) is 5.97. The van der Waals surface area contributed by atoms with Gasteiger partial charge in [-0.25, -0.2) is 0 Å². The molecule has 0 bridgehead atoms. The third-order valence-electron chi connectivity index (χ3n) is 5.39. The van der Waals surface area contributed by atoms with Gasteiger partial charge in [-0.15, -0.1) is 0 Å². The van der Waals surface area contributed by atoms with Gasteiger partial charge in [-0.2, -0.15) is 0 Å². The molecule has 1 amide bonds. The first kappa shape index (κ1) is 18.5. The number of amides is 1. The van der Waals surface area contributed by atoms with Gasteiger partial charge in [0, 0.05) is 0 Å². The van der Waals surface area contributed by atoms with Gasteiger partial charge in [0.25, 0.3) is 5.91 Å². The largest absolute Gasteiger partial charge is 0.483 e. The highest BCUT2D eigenvalue weighted by molar-refractivity contribution is 5.78. The van der Waals surface area contributed by atoms with Crippen molar-refractivity contribution in [1.82, 2.24) is 5.32 Å². The van der Waals surface area contributed by atoms with Gasteiger partial charge >= 0.3 is 0 Å². The van der Waals surface area contributed by atoms with Crippen LogP contribution in [0.15, 0.2) is 36.4 Å². The van der Waals surface area contributed by atoms with Gasteiger partial charge in [0.05, 0.1) is 6.04 Å². The first-order valence-corrected chi connectivity index (χ1v) is 9.68. The second-order valence-electron chi connectivity index (χ2n) is 7.26. The number of benzene rings is 2. The van der Waals surface area contributed by atoms with Crippen molar-refractivity contribution in [2.45, 2.75) is 58.9 Å². The molecule has 0 saturated carbocycles. The first-order chi connectivity index (χ1) is 12.6. The molecule has 0 fully saturated rings. The molecule has 3 heteroatoms. The zero-order chi connectivity index (χ0) is 18.5. The highest BCUT2D eigenvalue weighted by atomic mass is 16.5. The molecule has 2 aromatic carbocycles. The fraction of sp³-hybridized carbons (Fsp3) is 0.435. The third kappa shape index (κ3) is 4.27. The highest BCUT2D eigenvalue weighted by Gasteiger charge is 2.17. The van der Waals surface area contributed by atoms with Crippen molar-refractivity contribution in [3.8, 4) is 5.75 Å². The Morgan fingerprint density at radius 3 is 2.69 bits per heavy atom. The number of hydrogen-bond donors (Lipinski definition) is 1. The van der Waals surface area contributed by atoms with Crippen molar-refractivity contribution in [3.63, 3.8) is 0 Å². The molecule has 3 nitrogen and oxygen atoms in total. The molecule has 0 aromatic heterocycles. The van der Waals surface area contributed by atoms with Crippen molar-refractivity contribution < 1.29 is 9.53 Å². The molecule has 1 N–H and O–H groups in total. The predicted molar refractivity (Wildman–Crippen MR) is 106 cm³/mol. The van der Waals surface area contributed by atoms with Crippen molar-refractivity contribution >= 4 is 5.91 Å². The maximum atomic E-state index is 12.4. The van der Waals surface area contributed by atoms with Crippen LogP contribution >= 0.6 is 0 Å². The number of carbonyl (C=O) groups excluding carboxylic acids is 1. The molecule has 0 heterocycles. The summed E-state index contributed by atoms with van der Waals surface area (Å²) in [4.78, 5) is 12.4. The van der Waals surface area contributed by atoms with E-state index in [9.17, 15) is 4.79 Å². The first-order valence-electron chi connectivity index (χ1n) is 9.68. The van der Waals surface area contributed by atoms with Crippen LogP contribution in [0.25, 0.3) is 0 Å². The quantitative estimate of drug-likeness (QED) is 0.809. The van der Waals surface area contributed by atoms with Crippen molar-refractivity contribution in [2.75, 3.05) is 6.61 Å². The molecular weight excluding hydrogens is 322 g/mol. The minimum absolute atomic E-state index is 0.0232. The van der Waals surface area contributed by atoms with Crippen molar-refractivity contribution in [2.24, 2.45) is 0 Å². The Labute approximate surface area is 156 Å². The SMILES string of the molecule is CC[C@H](NC(=O)COc1cccc2c1CCCC2)c1ccc(C)c(C)c1. The topological polar surface area (TPSA) is 38.3 Å².